The molecule has 0 unspecified atom stereocenters. The summed E-state index contributed by atoms with van der Waals surface area (Å²) in [7, 11) is -3.58. The Morgan fingerprint density at radius 1 is 1.07 bits per heavy atom. The van der Waals surface area contributed by atoms with E-state index in [0.717, 1.165) is 11.3 Å². The van der Waals surface area contributed by atoms with E-state index in [-0.39, 0.29) is 10.8 Å². The monoisotopic (exact) mass is 412 g/mol. The highest BCUT2D eigenvalue weighted by Crippen LogP contribution is 2.22. The second kappa shape index (κ2) is 8.16. The van der Waals surface area contributed by atoms with E-state index in [1.807, 2.05) is 24.3 Å². The Hall–Kier alpha value is -3.01. The number of H-pyrrole nitrogens is 1. The summed E-state index contributed by atoms with van der Waals surface area (Å²) in [5.74, 6) is -0.318. The van der Waals surface area contributed by atoms with Gasteiger partial charge in [0.1, 0.15) is 0 Å². The van der Waals surface area contributed by atoms with Gasteiger partial charge in [0.15, 0.2) is 0 Å². The molecule has 1 aromatic heterocycles. The number of nitrogens with one attached hydrogen (secondary N) is 2. The summed E-state index contributed by atoms with van der Waals surface area (Å²) in [5, 5.41) is 9.64. The lowest BCUT2D eigenvalue weighted by molar-refractivity contribution is 0.0730. The van der Waals surface area contributed by atoms with Gasteiger partial charge >= 0.3 is 0 Å². The molecule has 3 aromatic rings. The molecule has 1 saturated heterocycles. The van der Waals surface area contributed by atoms with Crippen molar-refractivity contribution >= 4 is 21.6 Å². The molecule has 150 valence electrons. The summed E-state index contributed by atoms with van der Waals surface area (Å²) in [4.78, 5) is 12.7. The first kappa shape index (κ1) is 19.3. The molecule has 0 spiro atoms. The van der Waals surface area contributed by atoms with Gasteiger partial charge in [0.2, 0.25) is 10.0 Å². The Bertz CT molecular complexity index is 1090. The van der Waals surface area contributed by atoms with Gasteiger partial charge in [-0.15, -0.1) is 0 Å². The molecular weight excluding hydrogens is 392 g/mol. The highest BCUT2D eigenvalue weighted by molar-refractivity contribution is 7.89. The van der Waals surface area contributed by atoms with Crippen LogP contribution in [-0.2, 0) is 14.8 Å². The molecule has 0 atom stereocenters. The Labute approximate surface area is 168 Å². The maximum atomic E-state index is 12.7. The zero-order valence-corrected chi connectivity index (χ0v) is 16.4. The number of benzene rings is 2. The third kappa shape index (κ3) is 4.21. The van der Waals surface area contributed by atoms with E-state index < -0.39 is 10.0 Å². The van der Waals surface area contributed by atoms with E-state index in [4.69, 9.17) is 4.74 Å². The fourth-order valence-electron chi connectivity index (χ4n) is 3.10. The van der Waals surface area contributed by atoms with Gasteiger partial charge in [-0.25, -0.2) is 8.42 Å². The van der Waals surface area contributed by atoms with E-state index in [1.165, 1.54) is 28.6 Å². The molecule has 4 rings (SSSR count). The van der Waals surface area contributed by atoms with Gasteiger partial charge in [-0.2, -0.15) is 9.40 Å². The average Bonchev–Trinajstić information content (AvgIpc) is 3.30. The largest absolute Gasteiger partial charge is 0.379 e. The van der Waals surface area contributed by atoms with E-state index in [0.29, 0.717) is 37.6 Å². The van der Waals surface area contributed by atoms with E-state index in [2.05, 4.69) is 15.5 Å². The summed E-state index contributed by atoms with van der Waals surface area (Å²) < 4.78 is 31.9. The maximum absolute atomic E-state index is 12.7. The number of hydrogen-bond acceptors (Lipinski definition) is 5. The number of carbonyl (C=O) groups is 1. The molecule has 8 nitrogen and oxygen atoms in total. The summed E-state index contributed by atoms with van der Waals surface area (Å²) in [5.41, 5.74) is 2.75. The van der Waals surface area contributed by atoms with Crippen LogP contribution in [0.5, 0.6) is 0 Å². The van der Waals surface area contributed by atoms with Gasteiger partial charge in [-0.05, 0) is 42.5 Å². The first-order chi connectivity index (χ1) is 14.0. The number of ether oxygens (including phenoxy) is 1. The Balaban J connectivity index is 1.48. The number of morpholine rings is 1. The molecule has 1 aliphatic rings. The highest BCUT2D eigenvalue weighted by Gasteiger charge is 2.26. The van der Waals surface area contributed by atoms with Crippen molar-refractivity contribution in [1.82, 2.24) is 14.5 Å². The normalized spacial score (nSPS) is 15.2. The number of sulfonamides is 1. The zero-order chi connectivity index (χ0) is 20.3. The summed E-state index contributed by atoms with van der Waals surface area (Å²) in [6.07, 6.45) is 1.66. The van der Waals surface area contributed by atoms with Crippen molar-refractivity contribution in [2.75, 3.05) is 31.6 Å². The lowest BCUT2D eigenvalue weighted by Gasteiger charge is -2.26. The Morgan fingerprint density at radius 3 is 2.52 bits per heavy atom. The van der Waals surface area contributed by atoms with Gasteiger partial charge < -0.3 is 10.1 Å². The minimum absolute atomic E-state index is 0.164. The zero-order valence-electron chi connectivity index (χ0n) is 15.5. The molecule has 1 amide bonds. The van der Waals surface area contributed by atoms with Crippen LogP contribution in [-0.4, -0.2) is 55.1 Å². The van der Waals surface area contributed by atoms with Crippen molar-refractivity contribution in [3.8, 4) is 11.3 Å². The lowest BCUT2D eigenvalue weighted by atomic mass is 10.1. The summed E-state index contributed by atoms with van der Waals surface area (Å²) in [6, 6.07) is 15.2. The van der Waals surface area contributed by atoms with Crippen LogP contribution in [0, 0.1) is 0 Å². The molecule has 0 saturated carbocycles. The number of aromatic amines is 1. The molecule has 0 aliphatic carbocycles. The maximum Gasteiger partial charge on any atom is 0.255 e. The second-order valence-electron chi connectivity index (χ2n) is 6.55. The smallest absolute Gasteiger partial charge is 0.255 e. The summed E-state index contributed by atoms with van der Waals surface area (Å²) >= 11 is 0. The molecular formula is C20H20N4O4S. The van der Waals surface area contributed by atoms with Crippen molar-refractivity contribution < 1.29 is 17.9 Å². The van der Waals surface area contributed by atoms with Crippen LogP contribution in [0.15, 0.2) is 65.7 Å². The number of nitrogens with zero attached hydrogens (tertiary/aromatic N) is 2. The van der Waals surface area contributed by atoms with E-state index in [9.17, 15) is 13.2 Å². The standard InChI is InChI=1S/C20H20N4O4S/c25-20(22-17-3-1-2-16(14-17)19-8-9-21-23-19)15-4-6-18(7-5-15)29(26,27)24-10-12-28-13-11-24/h1-9,14H,10-13H2,(H,21,23)(H,22,25). The van der Waals surface area contributed by atoms with Crippen molar-refractivity contribution in [3.63, 3.8) is 0 Å². The van der Waals surface area contributed by atoms with Crippen LogP contribution in [0.25, 0.3) is 11.3 Å². The van der Waals surface area contributed by atoms with Crippen LogP contribution in [0.1, 0.15) is 10.4 Å². The molecule has 2 N–H and O–H groups in total. The van der Waals surface area contributed by atoms with Crippen LogP contribution in [0.2, 0.25) is 0 Å². The van der Waals surface area contributed by atoms with E-state index in [1.54, 1.807) is 12.3 Å². The van der Waals surface area contributed by atoms with Crippen LogP contribution in [0.4, 0.5) is 5.69 Å². The third-order valence-electron chi connectivity index (χ3n) is 4.66. The van der Waals surface area contributed by atoms with Gasteiger partial charge in [-0.3, -0.25) is 9.89 Å². The number of carbonyl (C=O) groups excluding carboxylic acids is 1. The first-order valence-corrected chi connectivity index (χ1v) is 10.6. The minimum Gasteiger partial charge on any atom is -0.379 e. The molecule has 2 aromatic carbocycles. The Kier molecular flexibility index (Phi) is 5.43. The summed E-state index contributed by atoms with van der Waals surface area (Å²) in [6.45, 7) is 1.43. The van der Waals surface area contributed by atoms with Gasteiger partial charge in [0.25, 0.3) is 5.91 Å². The SMILES string of the molecule is O=C(Nc1cccc(-c2ccn[nH]2)c1)c1ccc(S(=O)(=O)N2CCOCC2)cc1. The predicted octanol–water partition coefficient (Wildman–Crippen LogP) is 2.35. The van der Waals surface area contributed by atoms with Crippen molar-refractivity contribution in [2.45, 2.75) is 4.90 Å². The van der Waals surface area contributed by atoms with Gasteiger partial charge in [0, 0.05) is 36.1 Å². The quantitative estimate of drug-likeness (QED) is 0.669. The second-order valence-corrected chi connectivity index (χ2v) is 8.48. The van der Waals surface area contributed by atoms with Gasteiger partial charge in [-0.1, -0.05) is 12.1 Å². The van der Waals surface area contributed by atoms with Crippen molar-refractivity contribution in [3.05, 3.63) is 66.4 Å². The minimum atomic E-state index is -3.58. The predicted molar refractivity (Wildman–Crippen MR) is 108 cm³/mol. The highest BCUT2D eigenvalue weighted by atomic mass is 32.2. The molecule has 0 radical (unpaired) electrons. The molecule has 29 heavy (non-hydrogen) atoms. The number of aromatic nitrogens is 2. The number of amides is 1. The van der Waals surface area contributed by atoms with Crippen molar-refractivity contribution in [1.29, 1.82) is 0 Å². The molecule has 0 bridgehead atoms. The van der Waals surface area contributed by atoms with Gasteiger partial charge in [0.05, 0.1) is 23.8 Å². The number of anilines is 1. The first-order valence-electron chi connectivity index (χ1n) is 9.13. The topological polar surface area (TPSA) is 104 Å². The van der Waals surface area contributed by atoms with Crippen molar-refractivity contribution in [2.24, 2.45) is 0 Å². The Morgan fingerprint density at radius 2 is 1.83 bits per heavy atom. The van der Waals surface area contributed by atoms with Crippen LogP contribution in [0.3, 0.4) is 0 Å². The molecule has 2 heterocycles. The number of hydrogen-bond donors (Lipinski definition) is 2. The van der Waals surface area contributed by atoms with Crippen LogP contribution < -0.4 is 5.32 Å². The molecule has 9 heteroatoms. The van der Waals surface area contributed by atoms with Crippen LogP contribution >= 0.6 is 0 Å². The fraction of sp³-hybridized carbons (Fsp3) is 0.200. The fourth-order valence-corrected chi connectivity index (χ4v) is 4.51. The molecule has 1 aliphatic heterocycles. The third-order valence-corrected chi connectivity index (χ3v) is 6.57. The molecule has 1 fully saturated rings. The average molecular weight is 412 g/mol. The lowest BCUT2D eigenvalue weighted by Crippen LogP contribution is -2.40. The number of rotatable bonds is 5. The van der Waals surface area contributed by atoms with E-state index >= 15 is 0 Å².